The Morgan fingerprint density at radius 1 is 1.26 bits per heavy atom. The minimum atomic E-state index is 0. The summed E-state index contributed by atoms with van der Waals surface area (Å²) in [5.74, 6) is 0.815. The standard InChI is InChI=1S/C19H27N5OS.HI/c1-15-13-22-18(26-15)7-8-21-19(20-2)23-14-16-5-3-4-6-17(16)24-9-11-25-12-10-24;/h3-6,13H,7-12,14H2,1-2H3,(H2,20,21,23);1H. The van der Waals surface area contributed by atoms with Crippen LogP contribution in [0.4, 0.5) is 5.69 Å². The van der Waals surface area contributed by atoms with E-state index >= 15 is 0 Å². The number of ether oxygens (including phenoxy) is 1. The summed E-state index contributed by atoms with van der Waals surface area (Å²) in [6.07, 6.45) is 2.83. The van der Waals surface area contributed by atoms with Gasteiger partial charge in [-0.1, -0.05) is 18.2 Å². The number of thiazole rings is 1. The third-order valence-electron chi connectivity index (χ3n) is 4.31. The van der Waals surface area contributed by atoms with E-state index < -0.39 is 0 Å². The van der Waals surface area contributed by atoms with Crippen molar-refractivity contribution >= 4 is 47.0 Å². The van der Waals surface area contributed by atoms with Gasteiger partial charge in [0.15, 0.2) is 5.96 Å². The summed E-state index contributed by atoms with van der Waals surface area (Å²) in [5, 5.41) is 7.94. The van der Waals surface area contributed by atoms with Crippen LogP contribution in [0.3, 0.4) is 0 Å². The number of benzene rings is 1. The molecule has 27 heavy (non-hydrogen) atoms. The molecule has 2 heterocycles. The summed E-state index contributed by atoms with van der Waals surface area (Å²) < 4.78 is 5.47. The molecule has 0 atom stereocenters. The van der Waals surface area contributed by atoms with Gasteiger partial charge in [-0.15, -0.1) is 35.3 Å². The van der Waals surface area contributed by atoms with Gasteiger partial charge < -0.3 is 20.3 Å². The Morgan fingerprint density at radius 2 is 2.04 bits per heavy atom. The maximum atomic E-state index is 5.47. The molecule has 1 aromatic heterocycles. The Balaban J connectivity index is 0.00000261. The number of aromatic nitrogens is 1. The largest absolute Gasteiger partial charge is 0.378 e. The molecule has 2 aromatic rings. The molecule has 2 N–H and O–H groups in total. The van der Waals surface area contributed by atoms with Crippen LogP contribution in [-0.2, 0) is 17.7 Å². The second-order valence-electron chi connectivity index (χ2n) is 6.20. The van der Waals surface area contributed by atoms with Crippen LogP contribution < -0.4 is 15.5 Å². The predicted octanol–water partition coefficient (Wildman–Crippen LogP) is 2.81. The highest BCUT2D eigenvalue weighted by molar-refractivity contribution is 14.0. The summed E-state index contributed by atoms with van der Waals surface area (Å²) >= 11 is 1.75. The highest BCUT2D eigenvalue weighted by atomic mass is 127. The van der Waals surface area contributed by atoms with Gasteiger partial charge in [-0.05, 0) is 18.6 Å². The number of aryl methyl sites for hydroxylation is 1. The number of morpholine rings is 1. The fourth-order valence-electron chi connectivity index (χ4n) is 2.98. The molecule has 0 unspecified atom stereocenters. The van der Waals surface area contributed by atoms with Crippen LogP contribution in [0.25, 0.3) is 0 Å². The lowest BCUT2D eigenvalue weighted by atomic mass is 10.1. The van der Waals surface area contributed by atoms with Crippen molar-refractivity contribution in [3.63, 3.8) is 0 Å². The molecule has 6 nitrogen and oxygen atoms in total. The van der Waals surface area contributed by atoms with E-state index in [0.29, 0.717) is 0 Å². The SMILES string of the molecule is CN=C(NCCc1ncc(C)s1)NCc1ccccc1N1CCOCC1.I. The summed E-state index contributed by atoms with van der Waals surface area (Å²) in [5.41, 5.74) is 2.55. The Bertz CT molecular complexity index is 730. The van der Waals surface area contributed by atoms with Crippen molar-refractivity contribution < 1.29 is 4.74 Å². The predicted molar refractivity (Wildman–Crippen MR) is 124 cm³/mol. The molecule has 0 saturated carbocycles. The van der Waals surface area contributed by atoms with E-state index in [-0.39, 0.29) is 24.0 Å². The van der Waals surface area contributed by atoms with Gasteiger partial charge in [0.1, 0.15) is 0 Å². The molecule has 1 fully saturated rings. The van der Waals surface area contributed by atoms with Crippen molar-refractivity contribution in [3.05, 3.63) is 45.9 Å². The average molecular weight is 501 g/mol. The molecule has 8 heteroatoms. The van der Waals surface area contributed by atoms with Gasteiger partial charge in [0.05, 0.1) is 18.2 Å². The van der Waals surface area contributed by atoms with Gasteiger partial charge in [0, 0.05) is 56.4 Å². The van der Waals surface area contributed by atoms with E-state index in [2.05, 4.69) is 56.7 Å². The summed E-state index contributed by atoms with van der Waals surface area (Å²) in [6.45, 7) is 7.11. The van der Waals surface area contributed by atoms with Crippen LogP contribution in [0.15, 0.2) is 35.5 Å². The van der Waals surface area contributed by atoms with Crippen LogP contribution in [0.1, 0.15) is 15.4 Å². The van der Waals surface area contributed by atoms with Crippen LogP contribution in [0.2, 0.25) is 0 Å². The maximum absolute atomic E-state index is 5.47. The van der Waals surface area contributed by atoms with Gasteiger partial charge in [-0.2, -0.15) is 0 Å². The summed E-state index contributed by atoms with van der Waals surface area (Å²) in [6, 6.07) is 8.53. The molecule has 1 aliphatic heterocycles. The van der Waals surface area contributed by atoms with Crippen LogP contribution in [0, 0.1) is 6.92 Å². The molecule has 1 aliphatic rings. The number of anilines is 1. The molecule has 0 aliphatic carbocycles. The van der Waals surface area contributed by atoms with E-state index in [9.17, 15) is 0 Å². The Hall–Kier alpha value is -1.39. The van der Waals surface area contributed by atoms with Crippen molar-refractivity contribution in [2.24, 2.45) is 4.99 Å². The molecule has 0 bridgehead atoms. The number of halogens is 1. The molecule has 0 amide bonds. The highest BCUT2D eigenvalue weighted by Gasteiger charge is 2.14. The minimum absolute atomic E-state index is 0. The van der Waals surface area contributed by atoms with Gasteiger partial charge in [0.25, 0.3) is 0 Å². The van der Waals surface area contributed by atoms with Crippen LogP contribution >= 0.6 is 35.3 Å². The Labute approximate surface area is 182 Å². The van der Waals surface area contributed by atoms with Crippen LogP contribution in [0.5, 0.6) is 0 Å². The number of hydrogen-bond donors (Lipinski definition) is 2. The highest BCUT2D eigenvalue weighted by Crippen LogP contribution is 2.21. The van der Waals surface area contributed by atoms with E-state index in [1.165, 1.54) is 16.1 Å². The number of guanidine groups is 1. The number of nitrogens with zero attached hydrogens (tertiary/aromatic N) is 3. The number of nitrogens with one attached hydrogen (secondary N) is 2. The molecule has 3 rings (SSSR count). The van der Waals surface area contributed by atoms with Gasteiger partial charge in [-0.25, -0.2) is 4.98 Å². The molecular formula is C19H28IN5OS. The maximum Gasteiger partial charge on any atom is 0.191 e. The lowest BCUT2D eigenvalue weighted by Crippen LogP contribution is -2.39. The van der Waals surface area contributed by atoms with Gasteiger partial charge in [-0.3, -0.25) is 4.99 Å². The monoisotopic (exact) mass is 501 g/mol. The van der Waals surface area contributed by atoms with E-state index in [1.54, 1.807) is 18.4 Å². The van der Waals surface area contributed by atoms with Crippen molar-refractivity contribution in [1.82, 2.24) is 15.6 Å². The first-order valence-electron chi connectivity index (χ1n) is 9.02. The third kappa shape index (κ3) is 6.62. The summed E-state index contributed by atoms with van der Waals surface area (Å²) in [4.78, 5) is 12.4. The minimum Gasteiger partial charge on any atom is -0.378 e. The second kappa shape index (κ2) is 11.5. The van der Waals surface area contributed by atoms with E-state index in [1.807, 2.05) is 6.20 Å². The molecular weight excluding hydrogens is 473 g/mol. The van der Waals surface area contributed by atoms with Gasteiger partial charge >= 0.3 is 0 Å². The summed E-state index contributed by atoms with van der Waals surface area (Å²) in [7, 11) is 1.80. The van der Waals surface area contributed by atoms with Crippen molar-refractivity contribution in [2.75, 3.05) is 44.8 Å². The average Bonchev–Trinajstić information content (AvgIpc) is 3.10. The number of rotatable bonds is 6. The molecule has 1 saturated heterocycles. The van der Waals surface area contributed by atoms with Crippen LogP contribution in [-0.4, -0.2) is 50.8 Å². The zero-order valence-corrected chi connectivity index (χ0v) is 19.0. The Morgan fingerprint density at radius 3 is 2.74 bits per heavy atom. The van der Waals surface area contributed by atoms with Crippen molar-refractivity contribution in [1.29, 1.82) is 0 Å². The first kappa shape index (κ1) is 21.9. The van der Waals surface area contributed by atoms with Gasteiger partial charge in [0.2, 0.25) is 0 Å². The van der Waals surface area contributed by atoms with E-state index in [4.69, 9.17) is 4.74 Å². The van der Waals surface area contributed by atoms with Crippen molar-refractivity contribution in [2.45, 2.75) is 19.9 Å². The molecule has 0 radical (unpaired) electrons. The third-order valence-corrected chi connectivity index (χ3v) is 5.29. The second-order valence-corrected chi connectivity index (χ2v) is 7.51. The molecule has 1 aromatic carbocycles. The fraction of sp³-hybridized carbons (Fsp3) is 0.474. The quantitative estimate of drug-likeness (QED) is 0.362. The smallest absolute Gasteiger partial charge is 0.191 e. The number of para-hydroxylation sites is 1. The molecule has 148 valence electrons. The normalized spacial score (nSPS) is 14.6. The fourth-order valence-corrected chi connectivity index (χ4v) is 3.76. The molecule has 0 spiro atoms. The Kier molecular flexibility index (Phi) is 9.29. The first-order valence-corrected chi connectivity index (χ1v) is 9.84. The van der Waals surface area contributed by atoms with E-state index in [0.717, 1.165) is 56.8 Å². The first-order chi connectivity index (χ1) is 12.8. The lowest BCUT2D eigenvalue weighted by Gasteiger charge is -2.30. The number of aliphatic imine (C=N–C) groups is 1. The van der Waals surface area contributed by atoms with Crippen molar-refractivity contribution in [3.8, 4) is 0 Å². The zero-order valence-electron chi connectivity index (χ0n) is 15.9. The topological polar surface area (TPSA) is 61.8 Å². The zero-order chi connectivity index (χ0) is 18.2. The lowest BCUT2D eigenvalue weighted by molar-refractivity contribution is 0.122. The number of hydrogen-bond acceptors (Lipinski definition) is 5.